The zero-order chi connectivity index (χ0) is 14.1. The second-order valence-corrected chi connectivity index (χ2v) is 7.44. The molecule has 4 nitrogen and oxygen atoms in total. The van der Waals surface area contributed by atoms with Crippen molar-refractivity contribution in [3.05, 3.63) is 23.7 Å². The lowest BCUT2D eigenvalue weighted by Gasteiger charge is -2.39. The van der Waals surface area contributed by atoms with Crippen LogP contribution in [0.4, 0.5) is 0 Å². The fourth-order valence-corrected chi connectivity index (χ4v) is 4.47. The summed E-state index contributed by atoms with van der Waals surface area (Å²) in [4.78, 5) is 0. The highest BCUT2D eigenvalue weighted by Gasteiger charge is 2.46. The van der Waals surface area contributed by atoms with Crippen molar-refractivity contribution in [3.63, 3.8) is 0 Å². The van der Waals surface area contributed by atoms with Crippen LogP contribution in [0.2, 0.25) is 0 Å². The van der Waals surface area contributed by atoms with Crippen molar-refractivity contribution in [2.45, 2.75) is 40.2 Å². The lowest BCUT2D eigenvalue weighted by molar-refractivity contribution is 0.0432. The van der Waals surface area contributed by atoms with E-state index in [1.165, 1.54) is 0 Å². The molecular formula is C14H23O4P. The zero-order valence-electron chi connectivity index (χ0n) is 12.1. The maximum Gasteiger partial charge on any atom is 0.395 e. The van der Waals surface area contributed by atoms with Crippen LogP contribution in [0.15, 0.2) is 23.7 Å². The Balaban J connectivity index is 2.32. The van der Waals surface area contributed by atoms with Crippen molar-refractivity contribution < 1.29 is 18.3 Å². The average molecular weight is 286 g/mol. The van der Waals surface area contributed by atoms with Gasteiger partial charge in [-0.15, -0.1) is 0 Å². The van der Waals surface area contributed by atoms with Crippen LogP contribution in [0.5, 0.6) is 0 Å². The second kappa shape index (κ2) is 5.43. The van der Waals surface area contributed by atoms with Crippen molar-refractivity contribution in [1.82, 2.24) is 0 Å². The van der Waals surface area contributed by atoms with Gasteiger partial charge in [-0.1, -0.05) is 19.9 Å². The summed E-state index contributed by atoms with van der Waals surface area (Å²) in [6.07, 6.45) is 7.06. The van der Waals surface area contributed by atoms with E-state index in [1.807, 2.05) is 12.2 Å². The molecule has 0 aromatic rings. The standard InChI is InChI=1S/C14H23O4P/c1-5-16-19(15,17-6-2)13-10-14(3,4)11-8-7-9-12(11)18-13/h7,9-12H,5-6,8H2,1-4H3/t11-,12-/m1/s1. The number of hydrogen-bond donors (Lipinski definition) is 0. The summed E-state index contributed by atoms with van der Waals surface area (Å²) in [6, 6.07) is 0. The molecule has 0 aromatic carbocycles. The predicted octanol–water partition coefficient (Wildman–Crippen LogP) is 4.10. The summed E-state index contributed by atoms with van der Waals surface area (Å²) in [5.41, 5.74) is 0.292. The Bertz CT molecular complexity index is 429. The highest BCUT2D eigenvalue weighted by atomic mass is 31.2. The molecule has 1 aliphatic heterocycles. The van der Waals surface area contributed by atoms with Crippen molar-refractivity contribution in [1.29, 1.82) is 0 Å². The van der Waals surface area contributed by atoms with Crippen LogP contribution in [-0.4, -0.2) is 19.3 Å². The maximum atomic E-state index is 12.8. The van der Waals surface area contributed by atoms with Crippen molar-refractivity contribution in [2.24, 2.45) is 11.3 Å². The van der Waals surface area contributed by atoms with Gasteiger partial charge < -0.3 is 13.8 Å². The molecule has 5 heteroatoms. The van der Waals surface area contributed by atoms with Gasteiger partial charge in [-0.2, -0.15) is 0 Å². The number of hydrogen-bond acceptors (Lipinski definition) is 4. The van der Waals surface area contributed by atoms with Crippen LogP contribution >= 0.6 is 7.60 Å². The van der Waals surface area contributed by atoms with Gasteiger partial charge in [-0.3, -0.25) is 4.57 Å². The van der Waals surface area contributed by atoms with Gasteiger partial charge in [0.2, 0.25) is 5.50 Å². The van der Waals surface area contributed by atoms with Crippen molar-refractivity contribution >= 4 is 7.60 Å². The molecule has 2 rings (SSSR count). The fraction of sp³-hybridized carbons (Fsp3) is 0.714. The summed E-state index contributed by atoms with van der Waals surface area (Å²) in [7, 11) is -3.32. The van der Waals surface area contributed by atoms with Gasteiger partial charge in [0.1, 0.15) is 6.10 Å². The maximum absolute atomic E-state index is 12.8. The number of rotatable bonds is 5. The first-order chi connectivity index (χ1) is 8.93. The van der Waals surface area contributed by atoms with Crippen LogP contribution in [-0.2, 0) is 18.3 Å². The molecular weight excluding hydrogens is 263 g/mol. The molecule has 0 aromatic heterocycles. The molecule has 1 aliphatic carbocycles. The molecule has 0 saturated heterocycles. The van der Waals surface area contributed by atoms with E-state index in [1.54, 1.807) is 13.8 Å². The number of fused-ring (bicyclic) bond motifs is 1. The first kappa shape index (κ1) is 14.8. The third kappa shape index (κ3) is 2.81. The largest absolute Gasteiger partial charge is 0.478 e. The van der Waals surface area contributed by atoms with Gasteiger partial charge in [0.25, 0.3) is 0 Å². The molecule has 0 unspecified atom stereocenters. The molecule has 1 heterocycles. The fourth-order valence-electron chi connectivity index (χ4n) is 2.72. The first-order valence-electron chi connectivity index (χ1n) is 6.89. The molecule has 0 radical (unpaired) electrons. The molecule has 108 valence electrons. The highest BCUT2D eigenvalue weighted by Crippen LogP contribution is 2.61. The van der Waals surface area contributed by atoms with E-state index in [2.05, 4.69) is 19.9 Å². The van der Waals surface area contributed by atoms with E-state index in [0.717, 1.165) is 6.42 Å². The highest BCUT2D eigenvalue weighted by molar-refractivity contribution is 7.58. The second-order valence-electron chi connectivity index (χ2n) is 5.49. The lowest BCUT2D eigenvalue weighted by atomic mass is 9.75. The van der Waals surface area contributed by atoms with Gasteiger partial charge in [-0.25, -0.2) is 0 Å². The van der Waals surface area contributed by atoms with Crippen LogP contribution in [0.25, 0.3) is 0 Å². The van der Waals surface area contributed by atoms with Crippen LogP contribution in [0.1, 0.15) is 34.1 Å². The topological polar surface area (TPSA) is 44.8 Å². The number of ether oxygens (including phenoxy) is 1. The van der Waals surface area contributed by atoms with Crippen molar-refractivity contribution in [2.75, 3.05) is 13.2 Å². The predicted molar refractivity (Wildman–Crippen MR) is 74.8 cm³/mol. The third-order valence-electron chi connectivity index (χ3n) is 3.69. The molecule has 0 fully saturated rings. The molecule has 0 saturated carbocycles. The monoisotopic (exact) mass is 286 g/mol. The Hall–Kier alpha value is -0.570. The van der Waals surface area contributed by atoms with Gasteiger partial charge in [0.05, 0.1) is 13.2 Å². The summed E-state index contributed by atoms with van der Waals surface area (Å²) in [5, 5.41) is 0. The zero-order valence-corrected chi connectivity index (χ0v) is 13.0. The summed E-state index contributed by atoms with van der Waals surface area (Å²) >= 11 is 0. The Kier molecular flexibility index (Phi) is 4.24. The first-order valence-corrected chi connectivity index (χ1v) is 8.43. The van der Waals surface area contributed by atoms with E-state index >= 15 is 0 Å². The molecule has 19 heavy (non-hydrogen) atoms. The normalized spacial score (nSPS) is 28.7. The third-order valence-corrected chi connectivity index (χ3v) is 5.66. The van der Waals surface area contributed by atoms with Crippen molar-refractivity contribution in [3.8, 4) is 0 Å². The molecule has 0 amide bonds. The van der Waals surface area contributed by atoms with Gasteiger partial charge in [0, 0.05) is 5.92 Å². The minimum Gasteiger partial charge on any atom is -0.478 e. The summed E-state index contributed by atoms with van der Waals surface area (Å²) in [5.74, 6) is 0.396. The number of allylic oxidation sites excluding steroid dienone is 2. The van der Waals surface area contributed by atoms with Gasteiger partial charge in [-0.05, 0) is 37.8 Å². The molecule has 0 bridgehead atoms. The SMILES string of the molecule is CCOP(=O)(OCC)C1=CC(C)(C)[C@@H]2CC=C[C@H]2O1. The minimum absolute atomic E-state index is 0.0239. The van der Waals surface area contributed by atoms with E-state index in [9.17, 15) is 4.57 Å². The molecule has 2 aliphatic rings. The van der Waals surface area contributed by atoms with E-state index < -0.39 is 7.60 Å². The molecule has 0 N–H and O–H groups in total. The Morgan fingerprint density at radius 3 is 2.58 bits per heavy atom. The Morgan fingerprint density at radius 1 is 1.37 bits per heavy atom. The quantitative estimate of drug-likeness (QED) is 0.564. The van der Waals surface area contributed by atoms with Gasteiger partial charge >= 0.3 is 7.60 Å². The Morgan fingerprint density at radius 2 is 2.00 bits per heavy atom. The Labute approximate surface area is 115 Å². The summed E-state index contributed by atoms with van der Waals surface area (Å²) in [6.45, 7) is 8.56. The van der Waals surface area contributed by atoms with E-state index in [4.69, 9.17) is 13.8 Å². The van der Waals surface area contributed by atoms with Gasteiger partial charge in [0.15, 0.2) is 0 Å². The van der Waals surface area contributed by atoms with E-state index in [0.29, 0.717) is 24.6 Å². The molecule has 0 spiro atoms. The molecule has 2 atom stereocenters. The minimum atomic E-state index is -3.32. The lowest BCUT2D eigenvalue weighted by Crippen LogP contribution is -2.35. The van der Waals surface area contributed by atoms with Crippen LogP contribution in [0.3, 0.4) is 0 Å². The van der Waals surface area contributed by atoms with E-state index in [-0.39, 0.29) is 11.5 Å². The van der Waals surface area contributed by atoms with Crippen LogP contribution < -0.4 is 0 Å². The average Bonchev–Trinajstić information content (AvgIpc) is 2.78. The van der Waals surface area contributed by atoms with Crippen LogP contribution in [0, 0.1) is 11.3 Å². The smallest absolute Gasteiger partial charge is 0.395 e. The summed E-state index contributed by atoms with van der Waals surface area (Å²) < 4.78 is 29.4.